The smallest absolute Gasteiger partial charge is 0.335 e. The van der Waals surface area contributed by atoms with Crippen molar-refractivity contribution in [2.45, 2.75) is 13.3 Å². The van der Waals surface area contributed by atoms with Gasteiger partial charge in [0.2, 0.25) is 0 Å². The average molecular weight is 277 g/mol. The summed E-state index contributed by atoms with van der Waals surface area (Å²) in [5, 5.41) is 19.6. The van der Waals surface area contributed by atoms with Crippen LogP contribution in [0, 0.1) is 22.0 Å². The largest absolute Gasteiger partial charge is 0.478 e. The summed E-state index contributed by atoms with van der Waals surface area (Å²) in [4.78, 5) is 31.9. The Labute approximate surface area is 114 Å². The summed E-state index contributed by atoms with van der Waals surface area (Å²) in [6, 6.07) is 3.38. The lowest BCUT2D eigenvalue weighted by Crippen LogP contribution is -2.02. The molecule has 0 aliphatic rings. The number of carboxylic acids is 1. The predicted octanol–water partition coefficient (Wildman–Crippen LogP) is 1.60. The quantitative estimate of drug-likeness (QED) is 0.387. The number of nitrogens with zero attached hydrogens (tertiary/aromatic N) is 1. The zero-order chi connectivity index (χ0) is 15.1. The first kappa shape index (κ1) is 15.2. The molecule has 20 heavy (non-hydrogen) atoms. The second-order valence-electron chi connectivity index (χ2n) is 3.58. The third kappa shape index (κ3) is 4.10. The van der Waals surface area contributed by atoms with Gasteiger partial charge in [0.25, 0.3) is 5.69 Å². The molecule has 0 bridgehead atoms. The molecular weight excluding hydrogens is 266 g/mol. The zero-order valence-corrected chi connectivity index (χ0v) is 10.6. The number of rotatable bonds is 4. The van der Waals surface area contributed by atoms with Crippen LogP contribution in [0.5, 0.6) is 0 Å². The van der Waals surface area contributed by atoms with Crippen molar-refractivity contribution in [3.05, 3.63) is 39.4 Å². The van der Waals surface area contributed by atoms with E-state index in [1.54, 1.807) is 6.92 Å². The van der Waals surface area contributed by atoms with Crippen LogP contribution in [0.25, 0.3) is 0 Å². The average Bonchev–Trinajstić information content (AvgIpc) is 2.38. The molecule has 0 spiro atoms. The minimum atomic E-state index is -1.26. The summed E-state index contributed by atoms with van der Waals surface area (Å²) >= 11 is 0. The van der Waals surface area contributed by atoms with Crippen LogP contribution in [0.15, 0.2) is 18.2 Å². The first-order chi connectivity index (χ1) is 9.45. The molecule has 0 radical (unpaired) electrons. The molecule has 0 unspecified atom stereocenters. The van der Waals surface area contributed by atoms with Crippen molar-refractivity contribution in [1.82, 2.24) is 0 Å². The molecule has 0 heterocycles. The number of aromatic carboxylic acids is 1. The van der Waals surface area contributed by atoms with E-state index in [1.165, 1.54) is 12.1 Å². The van der Waals surface area contributed by atoms with E-state index >= 15 is 0 Å². The fraction of sp³-hybridized carbons (Fsp3) is 0.231. The van der Waals surface area contributed by atoms with Crippen LogP contribution in [0.2, 0.25) is 0 Å². The van der Waals surface area contributed by atoms with E-state index in [9.17, 15) is 19.7 Å². The molecule has 1 N–H and O–H groups in total. The van der Waals surface area contributed by atoms with E-state index in [0.717, 1.165) is 6.07 Å². The van der Waals surface area contributed by atoms with Gasteiger partial charge >= 0.3 is 11.9 Å². The van der Waals surface area contributed by atoms with Gasteiger partial charge < -0.3 is 9.84 Å². The Bertz CT molecular complexity index is 611. The van der Waals surface area contributed by atoms with Gasteiger partial charge in [0.15, 0.2) is 0 Å². The highest BCUT2D eigenvalue weighted by atomic mass is 16.6. The van der Waals surface area contributed by atoms with Gasteiger partial charge in [-0.1, -0.05) is 11.8 Å². The van der Waals surface area contributed by atoms with Crippen molar-refractivity contribution in [3.63, 3.8) is 0 Å². The van der Waals surface area contributed by atoms with Gasteiger partial charge in [0.05, 0.1) is 17.1 Å². The summed E-state index contributed by atoms with van der Waals surface area (Å²) in [5.74, 6) is 3.13. The van der Waals surface area contributed by atoms with Crippen molar-refractivity contribution in [1.29, 1.82) is 0 Å². The lowest BCUT2D eigenvalue weighted by atomic mass is 10.1. The predicted molar refractivity (Wildman–Crippen MR) is 68.2 cm³/mol. The minimum absolute atomic E-state index is 0.0456. The minimum Gasteiger partial charge on any atom is -0.478 e. The maximum Gasteiger partial charge on any atom is 0.335 e. The Morgan fingerprint density at radius 1 is 1.45 bits per heavy atom. The Morgan fingerprint density at radius 2 is 2.15 bits per heavy atom. The van der Waals surface area contributed by atoms with Gasteiger partial charge in [0, 0.05) is 6.07 Å². The first-order valence-corrected chi connectivity index (χ1v) is 5.62. The molecule has 7 heteroatoms. The molecule has 0 amide bonds. The summed E-state index contributed by atoms with van der Waals surface area (Å²) in [7, 11) is 0. The molecule has 0 aliphatic heterocycles. The van der Waals surface area contributed by atoms with Crippen LogP contribution in [0.1, 0.15) is 29.3 Å². The van der Waals surface area contributed by atoms with E-state index in [1.807, 2.05) is 0 Å². The number of carbonyl (C=O) groups is 2. The molecule has 0 aromatic heterocycles. The highest BCUT2D eigenvalue weighted by Gasteiger charge is 2.15. The van der Waals surface area contributed by atoms with Gasteiger partial charge in [-0.05, 0) is 19.1 Å². The van der Waals surface area contributed by atoms with Crippen molar-refractivity contribution >= 4 is 17.6 Å². The van der Waals surface area contributed by atoms with E-state index < -0.39 is 22.5 Å². The maximum atomic E-state index is 11.1. The van der Waals surface area contributed by atoms with Crippen molar-refractivity contribution < 1.29 is 24.4 Å². The Balaban J connectivity index is 3.01. The van der Waals surface area contributed by atoms with E-state index in [4.69, 9.17) is 5.11 Å². The normalized spacial score (nSPS) is 9.25. The Morgan fingerprint density at radius 3 is 2.70 bits per heavy atom. The molecule has 1 aromatic carbocycles. The number of ether oxygens (including phenoxy) is 1. The molecule has 1 rings (SSSR count). The van der Waals surface area contributed by atoms with Crippen molar-refractivity contribution in [2.24, 2.45) is 0 Å². The number of benzene rings is 1. The number of nitro benzene ring substituents is 1. The third-order valence-electron chi connectivity index (χ3n) is 2.20. The lowest BCUT2D eigenvalue weighted by Gasteiger charge is -1.98. The molecule has 0 atom stereocenters. The van der Waals surface area contributed by atoms with Crippen LogP contribution in [-0.4, -0.2) is 28.6 Å². The Hall–Kier alpha value is -2.88. The molecule has 7 nitrogen and oxygen atoms in total. The van der Waals surface area contributed by atoms with Crippen LogP contribution < -0.4 is 0 Å². The number of carbonyl (C=O) groups excluding carboxylic acids is 1. The lowest BCUT2D eigenvalue weighted by molar-refractivity contribution is -0.385. The fourth-order valence-corrected chi connectivity index (χ4v) is 1.35. The van der Waals surface area contributed by atoms with Gasteiger partial charge in [-0.25, -0.2) is 4.79 Å². The number of esters is 1. The monoisotopic (exact) mass is 277 g/mol. The first-order valence-electron chi connectivity index (χ1n) is 5.62. The fourth-order valence-electron chi connectivity index (χ4n) is 1.35. The molecule has 0 saturated heterocycles. The third-order valence-corrected chi connectivity index (χ3v) is 2.20. The molecule has 0 fully saturated rings. The van der Waals surface area contributed by atoms with Gasteiger partial charge in [-0.2, -0.15) is 0 Å². The molecule has 1 aromatic rings. The summed E-state index contributed by atoms with van der Waals surface area (Å²) in [5.41, 5.74) is -0.571. The van der Waals surface area contributed by atoms with E-state index in [0.29, 0.717) is 0 Å². The molecule has 0 saturated carbocycles. The number of hydrogen-bond donors (Lipinski definition) is 1. The number of hydrogen-bond acceptors (Lipinski definition) is 5. The Kier molecular flexibility index (Phi) is 5.23. The van der Waals surface area contributed by atoms with Gasteiger partial charge in [-0.15, -0.1) is 0 Å². The second-order valence-corrected chi connectivity index (χ2v) is 3.58. The van der Waals surface area contributed by atoms with E-state index in [2.05, 4.69) is 16.6 Å². The SMILES string of the molecule is CCOC(=O)CC#Cc1ccc(C(=O)O)cc1[N+](=O)[O-]. The van der Waals surface area contributed by atoms with Crippen molar-refractivity contribution in [3.8, 4) is 11.8 Å². The van der Waals surface area contributed by atoms with Crippen LogP contribution in [0.4, 0.5) is 5.69 Å². The van der Waals surface area contributed by atoms with E-state index in [-0.39, 0.29) is 24.2 Å². The van der Waals surface area contributed by atoms with Gasteiger partial charge in [0.1, 0.15) is 12.0 Å². The molecular formula is C13H11NO6. The van der Waals surface area contributed by atoms with Crippen LogP contribution in [-0.2, 0) is 9.53 Å². The second kappa shape index (κ2) is 6.89. The summed E-state index contributed by atoms with van der Waals surface area (Å²) in [6.45, 7) is 1.88. The molecule has 104 valence electrons. The standard InChI is InChI=1S/C13H11NO6/c1-2-20-12(15)5-3-4-9-6-7-10(13(16)17)8-11(9)14(18)19/h6-8H,2,5H2,1H3,(H,16,17). The van der Waals surface area contributed by atoms with Crippen LogP contribution in [0.3, 0.4) is 0 Å². The maximum absolute atomic E-state index is 11.1. The summed E-state index contributed by atoms with van der Waals surface area (Å²) in [6.07, 6.45) is -0.189. The van der Waals surface area contributed by atoms with Gasteiger partial charge in [-0.3, -0.25) is 14.9 Å². The molecule has 0 aliphatic carbocycles. The number of nitro groups is 1. The highest BCUT2D eigenvalue weighted by Crippen LogP contribution is 2.19. The topological polar surface area (TPSA) is 107 Å². The summed E-state index contributed by atoms with van der Waals surface area (Å²) < 4.78 is 4.66. The van der Waals surface area contributed by atoms with Crippen LogP contribution >= 0.6 is 0 Å². The number of carboxylic acid groups (broad SMARTS) is 1. The zero-order valence-electron chi connectivity index (χ0n) is 10.6. The highest BCUT2D eigenvalue weighted by molar-refractivity contribution is 5.88. The van der Waals surface area contributed by atoms with Crippen molar-refractivity contribution in [2.75, 3.05) is 6.61 Å².